The second-order valence-corrected chi connectivity index (χ2v) is 6.79. The van der Waals surface area contributed by atoms with Gasteiger partial charge in [0.25, 0.3) is 0 Å². The van der Waals surface area contributed by atoms with Crippen LogP contribution in [0, 0.1) is 6.92 Å². The fourth-order valence-electron chi connectivity index (χ4n) is 2.61. The van der Waals surface area contributed by atoms with E-state index in [0.29, 0.717) is 5.02 Å². The lowest BCUT2D eigenvalue weighted by atomic mass is 10.0. The minimum atomic E-state index is 0.663. The minimum Gasteiger partial charge on any atom is -0.338 e. The van der Waals surface area contributed by atoms with Crippen LogP contribution in [0.5, 0.6) is 0 Å². The molecule has 0 radical (unpaired) electrons. The Bertz CT molecular complexity index is 1010. The number of fused-ring (bicyclic) bond motifs is 1. The Morgan fingerprint density at radius 3 is 2.58 bits per heavy atom. The maximum atomic E-state index is 6.27. The average molecular weight is 352 g/mol. The molecule has 0 atom stereocenters. The van der Waals surface area contributed by atoms with Crippen LogP contribution in [0.2, 0.25) is 5.02 Å². The molecule has 5 heteroatoms. The number of aryl methyl sites for hydroxylation is 1. The Morgan fingerprint density at radius 1 is 1.00 bits per heavy atom. The average Bonchev–Trinajstić information content (AvgIpc) is 3.03. The number of rotatable bonds is 3. The molecule has 2 heterocycles. The third-order valence-electron chi connectivity index (χ3n) is 3.86. The van der Waals surface area contributed by atoms with Gasteiger partial charge in [-0.05, 0) is 24.6 Å². The van der Waals surface area contributed by atoms with Crippen LogP contribution in [0.4, 0.5) is 11.5 Å². The largest absolute Gasteiger partial charge is 0.338 e. The van der Waals surface area contributed by atoms with Gasteiger partial charge in [-0.2, -0.15) is 0 Å². The van der Waals surface area contributed by atoms with Crippen LogP contribution in [0.15, 0.2) is 60.2 Å². The maximum absolute atomic E-state index is 6.27. The van der Waals surface area contributed by atoms with Gasteiger partial charge in [0.15, 0.2) is 0 Å². The van der Waals surface area contributed by atoms with Crippen molar-refractivity contribution in [2.75, 3.05) is 5.32 Å². The Balaban J connectivity index is 1.86. The minimum absolute atomic E-state index is 0.663. The Kier molecular flexibility index (Phi) is 3.92. The first-order chi connectivity index (χ1) is 11.7. The van der Waals surface area contributed by atoms with Gasteiger partial charge >= 0.3 is 0 Å². The fraction of sp³-hybridized carbons (Fsp3) is 0.0526. The van der Waals surface area contributed by atoms with Gasteiger partial charge in [0, 0.05) is 10.9 Å². The molecule has 0 saturated carbocycles. The van der Waals surface area contributed by atoms with Crippen LogP contribution in [-0.2, 0) is 0 Å². The first-order valence-electron chi connectivity index (χ1n) is 7.53. The quantitative estimate of drug-likeness (QED) is 0.487. The first kappa shape index (κ1) is 15.1. The van der Waals surface area contributed by atoms with Crippen molar-refractivity contribution in [3.63, 3.8) is 0 Å². The Morgan fingerprint density at radius 2 is 1.79 bits per heavy atom. The van der Waals surface area contributed by atoms with Gasteiger partial charge in [-0.1, -0.05) is 53.6 Å². The summed E-state index contributed by atoms with van der Waals surface area (Å²) in [5, 5.41) is 7.16. The molecule has 0 aliphatic carbocycles. The Hall–Kier alpha value is -2.43. The zero-order chi connectivity index (χ0) is 16.5. The van der Waals surface area contributed by atoms with Crippen molar-refractivity contribution in [2.24, 2.45) is 0 Å². The van der Waals surface area contributed by atoms with Crippen LogP contribution in [0.1, 0.15) is 5.56 Å². The number of halogens is 1. The molecule has 118 valence electrons. The van der Waals surface area contributed by atoms with E-state index < -0.39 is 0 Å². The summed E-state index contributed by atoms with van der Waals surface area (Å²) in [5.74, 6) is 0.768. The number of hydrogen-bond donors (Lipinski definition) is 1. The van der Waals surface area contributed by atoms with E-state index in [0.717, 1.165) is 32.8 Å². The zero-order valence-corrected chi connectivity index (χ0v) is 14.5. The van der Waals surface area contributed by atoms with Crippen molar-refractivity contribution in [3.05, 3.63) is 70.8 Å². The van der Waals surface area contributed by atoms with Gasteiger partial charge in [-0.15, -0.1) is 11.3 Å². The molecule has 2 aromatic heterocycles. The molecule has 2 aromatic carbocycles. The molecule has 0 fully saturated rings. The van der Waals surface area contributed by atoms with Gasteiger partial charge in [-0.3, -0.25) is 0 Å². The number of nitrogens with one attached hydrogen (secondary N) is 1. The number of anilines is 2. The number of thiophene rings is 1. The van der Waals surface area contributed by atoms with E-state index in [4.69, 9.17) is 11.6 Å². The summed E-state index contributed by atoms with van der Waals surface area (Å²) in [6.45, 7) is 2.09. The molecule has 1 N–H and O–H groups in total. The third kappa shape index (κ3) is 2.75. The highest BCUT2D eigenvalue weighted by Gasteiger charge is 2.14. The van der Waals surface area contributed by atoms with Crippen LogP contribution < -0.4 is 5.32 Å². The second kappa shape index (κ2) is 6.23. The molecular formula is C19H14ClN3S. The third-order valence-corrected chi connectivity index (χ3v) is 5.08. The van der Waals surface area contributed by atoms with E-state index in [-0.39, 0.29) is 0 Å². The van der Waals surface area contributed by atoms with Crippen LogP contribution in [0.3, 0.4) is 0 Å². The molecule has 0 unspecified atom stereocenters. The molecule has 0 amide bonds. The molecule has 4 aromatic rings. The van der Waals surface area contributed by atoms with E-state index in [1.165, 1.54) is 5.56 Å². The fourth-order valence-corrected chi connectivity index (χ4v) is 3.70. The second-order valence-electron chi connectivity index (χ2n) is 5.52. The van der Waals surface area contributed by atoms with Gasteiger partial charge in [0.05, 0.1) is 16.1 Å². The highest BCUT2D eigenvalue weighted by molar-refractivity contribution is 7.17. The predicted molar refractivity (Wildman–Crippen MR) is 102 cm³/mol. The summed E-state index contributed by atoms with van der Waals surface area (Å²) < 4.78 is 0. The smallest absolute Gasteiger partial charge is 0.143 e. The molecule has 4 rings (SSSR count). The lowest BCUT2D eigenvalue weighted by Gasteiger charge is -2.10. The summed E-state index contributed by atoms with van der Waals surface area (Å²) >= 11 is 7.89. The van der Waals surface area contributed by atoms with Crippen molar-refractivity contribution >= 4 is 44.7 Å². The van der Waals surface area contributed by atoms with E-state index in [9.17, 15) is 0 Å². The van der Waals surface area contributed by atoms with E-state index in [1.807, 2.05) is 24.3 Å². The number of para-hydroxylation sites is 1. The van der Waals surface area contributed by atoms with E-state index in [2.05, 4.69) is 51.9 Å². The molecule has 3 nitrogen and oxygen atoms in total. The number of aromatic nitrogens is 2. The van der Waals surface area contributed by atoms with Gasteiger partial charge < -0.3 is 5.32 Å². The monoisotopic (exact) mass is 351 g/mol. The summed E-state index contributed by atoms with van der Waals surface area (Å²) in [5.41, 5.74) is 4.36. The van der Waals surface area contributed by atoms with Crippen LogP contribution >= 0.6 is 22.9 Å². The zero-order valence-electron chi connectivity index (χ0n) is 13.0. The van der Waals surface area contributed by atoms with Crippen molar-refractivity contribution in [3.8, 4) is 11.1 Å². The molecular weight excluding hydrogens is 338 g/mol. The number of benzene rings is 2. The highest BCUT2D eigenvalue weighted by Crippen LogP contribution is 2.38. The van der Waals surface area contributed by atoms with Crippen molar-refractivity contribution in [2.45, 2.75) is 6.92 Å². The van der Waals surface area contributed by atoms with Crippen LogP contribution in [-0.4, -0.2) is 9.97 Å². The predicted octanol–water partition coefficient (Wildman–Crippen LogP) is 6.06. The number of hydrogen-bond acceptors (Lipinski definition) is 4. The van der Waals surface area contributed by atoms with Gasteiger partial charge in [-0.25, -0.2) is 9.97 Å². The molecule has 0 aliphatic rings. The van der Waals surface area contributed by atoms with Crippen molar-refractivity contribution in [1.29, 1.82) is 0 Å². The van der Waals surface area contributed by atoms with Crippen LogP contribution in [0.25, 0.3) is 21.3 Å². The summed E-state index contributed by atoms with van der Waals surface area (Å²) in [6, 6.07) is 16.1. The molecule has 0 aliphatic heterocycles. The lowest BCUT2D eigenvalue weighted by molar-refractivity contribution is 1.23. The maximum Gasteiger partial charge on any atom is 0.143 e. The van der Waals surface area contributed by atoms with E-state index in [1.54, 1.807) is 17.7 Å². The first-order valence-corrected chi connectivity index (χ1v) is 8.79. The summed E-state index contributed by atoms with van der Waals surface area (Å²) in [7, 11) is 0. The lowest BCUT2D eigenvalue weighted by Crippen LogP contribution is -1.96. The normalized spacial score (nSPS) is 10.9. The SMILES string of the molecule is Cc1ccc(-c2csc3ncnc(Nc4ccccc4Cl)c23)cc1. The standard InChI is InChI=1S/C19H14ClN3S/c1-12-6-8-13(9-7-12)14-10-24-19-17(14)18(21-11-22-19)23-16-5-3-2-4-15(16)20/h2-11H,1H3,(H,21,22,23). The summed E-state index contributed by atoms with van der Waals surface area (Å²) in [6.07, 6.45) is 1.58. The molecule has 0 saturated heterocycles. The van der Waals surface area contributed by atoms with Crippen molar-refractivity contribution < 1.29 is 0 Å². The molecule has 0 spiro atoms. The molecule has 0 bridgehead atoms. The topological polar surface area (TPSA) is 37.8 Å². The Labute approximate surface area is 149 Å². The van der Waals surface area contributed by atoms with Gasteiger partial charge in [0.2, 0.25) is 0 Å². The summed E-state index contributed by atoms with van der Waals surface area (Å²) in [4.78, 5) is 9.80. The van der Waals surface area contributed by atoms with Crippen molar-refractivity contribution in [1.82, 2.24) is 9.97 Å². The van der Waals surface area contributed by atoms with E-state index >= 15 is 0 Å². The molecule has 24 heavy (non-hydrogen) atoms. The number of nitrogens with zero attached hydrogens (tertiary/aromatic N) is 2. The van der Waals surface area contributed by atoms with Gasteiger partial charge in [0.1, 0.15) is 17.0 Å². The highest BCUT2D eigenvalue weighted by atomic mass is 35.5.